The molecule has 0 aliphatic carbocycles. The van der Waals surface area contributed by atoms with Crippen LogP contribution in [0.25, 0.3) is 0 Å². The number of carbonyl (C=O) groups is 2. The van der Waals surface area contributed by atoms with E-state index in [9.17, 15) is 9.59 Å². The zero-order valence-corrected chi connectivity index (χ0v) is 13.6. The van der Waals surface area contributed by atoms with Crippen molar-refractivity contribution in [1.29, 1.82) is 0 Å². The minimum absolute atomic E-state index is 0.0256. The van der Waals surface area contributed by atoms with E-state index in [1.807, 2.05) is 9.80 Å². The van der Waals surface area contributed by atoms with E-state index >= 15 is 0 Å². The average molecular weight is 317 g/mol. The summed E-state index contributed by atoms with van der Waals surface area (Å²) < 4.78 is 0. The molecule has 1 aromatic rings. The molecule has 1 aromatic heterocycles. The number of nitrogens with zero attached hydrogens (tertiary/aromatic N) is 5. The van der Waals surface area contributed by atoms with Crippen molar-refractivity contribution in [3.8, 4) is 0 Å². The summed E-state index contributed by atoms with van der Waals surface area (Å²) in [6.07, 6.45) is 6.59. The quantitative estimate of drug-likeness (QED) is 0.806. The van der Waals surface area contributed by atoms with Gasteiger partial charge in [0.05, 0.1) is 5.56 Å². The third kappa shape index (κ3) is 3.60. The fourth-order valence-electron chi connectivity index (χ4n) is 3.10. The first-order valence-electron chi connectivity index (χ1n) is 8.27. The summed E-state index contributed by atoms with van der Waals surface area (Å²) in [6.45, 7) is 6.06. The second-order valence-corrected chi connectivity index (χ2v) is 6.12. The summed E-state index contributed by atoms with van der Waals surface area (Å²) in [6, 6.07) is 0. The van der Waals surface area contributed by atoms with Crippen molar-refractivity contribution in [3.05, 3.63) is 18.0 Å². The van der Waals surface area contributed by atoms with Gasteiger partial charge in [-0.3, -0.25) is 9.59 Å². The van der Waals surface area contributed by atoms with Gasteiger partial charge in [0.25, 0.3) is 5.91 Å². The van der Waals surface area contributed by atoms with Crippen LogP contribution < -0.4 is 4.90 Å². The lowest BCUT2D eigenvalue weighted by atomic mass is 10.1. The number of anilines is 1. The summed E-state index contributed by atoms with van der Waals surface area (Å²) in [5, 5.41) is 0. The van der Waals surface area contributed by atoms with E-state index in [-0.39, 0.29) is 11.8 Å². The summed E-state index contributed by atoms with van der Waals surface area (Å²) in [7, 11) is 0. The van der Waals surface area contributed by atoms with Crippen molar-refractivity contribution in [2.75, 3.05) is 44.2 Å². The molecule has 2 aliphatic heterocycles. The molecule has 0 spiro atoms. The van der Waals surface area contributed by atoms with Crippen LogP contribution in [0, 0.1) is 0 Å². The van der Waals surface area contributed by atoms with Crippen LogP contribution in [0.3, 0.4) is 0 Å². The predicted octanol–water partition coefficient (Wildman–Crippen LogP) is 0.771. The van der Waals surface area contributed by atoms with E-state index in [1.54, 1.807) is 19.3 Å². The monoisotopic (exact) mass is 317 g/mol. The van der Waals surface area contributed by atoms with Crippen LogP contribution in [0.15, 0.2) is 12.4 Å². The molecule has 0 radical (unpaired) electrons. The van der Waals surface area contributed by atoms with Gasteiger partial charge in [0.2, 0.25) is 11.9 Å². The molecule has 0 N–H and O–H groups in total. The summed E-state index contributed by atoms with van der Waals surface area (Å²) >= 11 is 0. The molecule has 2 fully saturated rings. The Morgan fingerprint density at radius 3 is 2.04 bits per heavy atom. The average Bonchev–Trinajstić information content (AvgIpc) is 2.62. The highest BCUT2D eigenvalue weighted by Gasteiger charge is 2.22. The number of hydrogen-bond donors (Lipinski definition) is 0. The van der Waals surface area contributed by atoms with Gasteiger partial charge in [-0.1, -0.05) is 0 Å². The zero-order valence-electron chi connectivity index (χ0n) is 13.6. The van der Waals surface area contributed by atoms with Crippen LogP contribution in [0.2, 0.25) is 0 Å². The Morgan fingerprint density at radius 1 is 0.870 bits per heavy atom. The molecular formula is C16H23N5O2. The van der Waals surface area contributed by atoms with Crippen LogP contribution >= 0.6 is 0 Å². The molecule has 7 nitrogen and oxygen atoms in total. The number of piperazine rings is 1. The number of piperidine rings is 1. The van der Waals surface area contributed by atoms with Crippen LogP contribution in [0.4, 0.5) is 5.95 Å². The first-order valence-corrected chi connectivity index (χ1v) is 8.27. The molecule has 2 amide bonds. The molecule has 0 unspecified atom stereocenters. The van der Waals surface area contributed by atoms with E-state index in [2.05, 4.69) is 14.9 Å². The van der Waals surface area contributed by atoms with Crippen LogP contribution in [0.5, 0.6) is 0 Å². The van der Waals surface area contributed by atoms with Gasteiger partial charge in [0, 0.05) is 58.6 Å². The Kier molecular flexibility index (Phi) is 4.73. The molecule has 2 aliphatic rings. The Balaban J connectivity index is 1.61. The van der Waals surface area contributed by atoms with Gasteiger partial charge in [0.15, 0.2) is 0 Å². The number of aromatic nitrogens is 2. The molecule has 23 heavy (non-hydrogen) atoms. The largest absolute Gasteiger partial charge is 0.339 e. The van der Waals surface area contributed by atoms with Crippen LogP contribution in [0.1, 0.15) is 36.5 Å². The van der Waals surface area contributed by atoms with E-state index in [1.165, 1.54) is 6.42 Å². The van der Waals surface area contributed by atoms with Gasteiger partial charge in [-0.25, -0.2) is 9.97 Å². The number of rotatable bonds is 2. The molecule has 3 heterocycles. The summed E-state index contributed by atoms with van der Waals surface area (Å²) in [4.78, 5) is 38.2. The van der Waals surface area contributed by atoms with Crippen molar-refractivity contribution < 1.29 is 9.59 Å². The molecule has 3 rings (SSSR count). The van der Waals surface area contributed by atoms with Crippen LogP contribution in [-0.4, -0.2) is 70.9 Å². The molecule has 0 bridgehead atoms. The summed E-state index contributed by atoms with van der Waals surface area (Å²) in [5.41, 5.74) is 0.554. The minimum Gasteiger partial charge on any atom is -0.339 e. The lowest BCUT2D eigenvalue weighted by Gasteiger charge is -2.34. The molecule has 124 valence electrons. The number of likely N-dealkylation sites (tertiary alicyclic amines) is 1. The van der Waals surface area contributed by atoms with Crippen molar-refractivity contribution in [1.82, 2.24) is 19.8 Å². The maximum atomic E-state index is 12.4. The lowest BCUT2D eigenvalue weighted by Crippen LogP contribution is -2.48. The zero-order chi connectivity index (χ0) is 16.2. The highest BCUT2D eigenvalue weighted by molar-refractivity contribution is 5.93. The second kappa shape index (κ2) is 6.93. The van der Waals surface area contributed by atoms with Gasteiger partial charge in [-0.05, 0) is 19.3 Å². The Labute approximate surface area is 136 Å². The van der Waals surface area contributed by atoms with Crippen molar-refractivity contribution in [2.24, 2.45) is 0 Å². The fourth-order valence-corrected chi connectivity index (χ4v) is 3.10. The van der Waals surface area contributed by atoms with Crippen LogP contribution in [-0.2, 0) is 4.79 Å². The van der Waals surface area contributed by atoms with Crippen molar-refractivity contribution in [3.63, 3.8) is 0 Å². The predicted molar refractivity (Wildman–Crippen MR) is 86.3 cm³/mol. The van der Waals surface area contributed by atoms with E-state index in [0.29, 0.717) is 24.6 Å². The standard InChI is InChI=1S/C16H23N5O2/c1-13(22)19-7-9-21(10-8-19)16-17-11-14(12-18-16)15(23)20-5-3-2-4-6-20/h11-12H,2-10H2,1H3. The van der Waals surface area contributed by atoms with E-state index in [0.717, 1.165) is 39.0 Å². The number of amides is 2. The maximum absolute atomic E-state index is 12.4. The molecule has 0 atom stereocenters. The lowest BCUT2D eigenvalue weighted by molar-refractivity contribution is -0.129. The van der Waals surface area contributed by atoms with Gasteiger partial charge in [-0.2, -0.15) is 0 Å². The van der Waals surface area contributed by atoms with E-state index in [4.69, 9.17) is 0 Å². The Hall–Kier alpha value is -2.18. The molecule has 0 saturated carbocycles. The minimum atomic E-state index is 0.0256. The normalized spacial score (nSPS) is 18.9. The van der Waals surface area contributed by atoms with E-state index < -0.39 is 0 Å². The van der Waals surface area contributed by atoms with Crippen molar-refractivity contribution >= 4 is 17.8 Å². The van der Waals surface area contributed by atoms with Gasteiger partial charge in [-0.15, -0.1) is 0 Å². The smallest absolute Gasteiger partial charge is 0.256 e. The first kappa shape index (κ1) is 15.7. The molecular weight excluding hydrogens is 294 g/mol. The third-order valence-electron chi connectivity index (χ3n) is 4.54. The highest BCUT2D eigenvalue weighted by atomic mass is 16.2. The molecule has 7 heteroatoms. The first-order chi connectivity index (χ1) is 11.1. The number of hydrogen-bond acceptors (Lipinski definition) is 5. The van der Waals surface area contributed by atoms with Crippen molar-refractivity contribution in [2.45, 2.75) is 26.2 Å². The summed E-state index contributed by atoms with van der Waals surface area (Å²) in [5.74, 6) is 0.758. The Morgan fingerprint density at radius 2 is 1.48 bits per heavy atom. The topological polar surface area (TPSA) is 69.6 Å². The van der Waals surface area contributed by atoms with Gasteiger partial charge in [0.1, 0.15) is 0 Å². The maximum Gasteiger partial charge on any atom is 0.256 e. The fraction of sp³-hybridized carbons (Fsp3) is 0.625. The molecule has 2 saturated heterocycles. The third-order valence-corrected chi connectivity index (χ3v) is 4.54. The highest BCUT2D eigenvalue weighted by Crippen LogP contribution is 2.15. The Bertz CT molecular complexity index is 560. The van der Waals surface area contributed by atoms with Gasteiger partial charge < -0.3 is 14.7 Å². The number of carbonyl (C=O) groups excluding carboxylic acids is 2. The molecule has 0 aromatic carbocycles. The SMILES string of the molecule is CC(=O)N1CCN(c2ncc(C(=O)N3CCCCC3)cn2)CC1. The second-order valence-electron chi connectivity index (χ2n) is 6.12. The van der Waals surface area contributed by atoms with Gasteiger partial charge >= 0.3 is 0 Å².